The van der Waals surface area contributed by atoms with Gasteiger partial charge in [-0.3, -0.25) is 4.79 Å². The summed E-state index contributed by atoms with van der Waals surface area (Å²) in [5.74, 6) is 0.552. The molecule has 0 radical (unpaired) electrons. The zero-order valence-corrected chi connectivity index (χ0v) is 11.0. The molecule has 1 unspecified atom stereocenters. The first kappa shape index (κ1) is 13.8. The number of rotatable bonds is 5. The third kappa shape index (κ3) is 2.72. The molecule has 1 amide bonds. The molecule has 5 heteroatoms. The minimum absolute atomic E-state index is 0.0471. The highest BCUT2D eigenvalue weighted by atomic mass is 16.5. The highest BCUT2D eigenvalue weighted by Gasteiger charge is 2.32. The van der Waals surface area contributed by atoms with E-state index in [2.05, 4.69) is 0 Å². The smallest absolute Gasteiger partial charge is 0.268 e. The molecule has 1 aromatic rings. The van der Waals surface area contributed by atoms with E-state index in [0.29, 0.717) is 30.8 Å². The summed E-state index contributed by atoms with van der Waals surface area (Å²) in [7, 11) is 0. The number of nitrogens with zero attached hydrogens (tertiary/aromatic N) is 1. The van der Waals surface area contributed by atoms with Crippen LogP contribution in [0.25, 0.3) is 0 Å². The molecule has 0 saturated heterocycles. The molecule has 104 valence electrons. The van der Waals surface area contributed by atoms with E-state index in [0.717, 1.165) is 5.56 Å². The van der Waals surface area contributed by atoms with E-state index in [-0.39, 0.29) is 19.1 Å². The molecule has 1 heterocycles. The summed E-state index contributed by atoms with van der Waals surface area (Å²) in [5, 5.41) is 18.1. The van der Waals surface area contributed by atoms with Crippen LogP contribution in [0, 0.1) is 0 Å². The van der Waals surface area contributed by atoms with Gasteiger partial charge in [0.1, 0.15) is 5.75 Å². The van der Waals surface area contributed by atoms with Gasteiger partial charge in [0.25, 0.3) is 5.91 Å². The van der Waals surface area contributed by atoms with E-state index >= 15 is 0 Å². The number of hydrogen-bond donors (Lipinski definition) is 2. The quantitative estimate of drug-likeness (QED) is 0.835. The molecule has 0 aromatic heterocycles. The molecule has 5 nitrogen and oxygen atoms in total. The summed E-state index contributed by atoms with van der Waals surface area (Å²) < 4.78 is 5.68. The number of aliphatic hydroxyl groups excluding tert-OH is 2. The zero-order chi connectivity index (χ0) is 13.8. The molecule has 2 rings (SSSR count). The second-order valence-electron chi connectivity index (χ2n) is 4.54. The molecule has 0 spiro atoms. The van der Waals surface area contributed by atoms with Gasteiger partial charge in [0, 0.05) is 13.2 Å². The molecule has 0 bridgehead atoms. The van der Waals surface area contributed by atoms with Crippen molar-refractivity contribution >= 4 is 11.6 Å². The molecule has 1 aliphatic heterocycles. The van der Waals surface area contributed by atoms with Crippen molar-refractivity contribution < 1.29 is 19.7 Å². The van der Waals surface area contributed by atoms with Crippen LogP contribution in [0.1, 0.15) is 25.3 Å². The lowest BCUT2D eigenvalue weighted by molar-refractivity contribution is -0.126. The SMILES string of the molecule is CCC1Oc2cc(CO)ccc2N(CCCO)C1=O. The summed E-state index contributed by atoms with van der Waals surface area (Å²) >= 11 is 0. The Morgan fingerprint density at radius 1 is 1.37 bits per heavy atom. The van der Waals surface area contributed by atoms with Gasteiger partial charge in [0.05, 0.1) is 12.3 Å². The van der Waals surface area contributed by atoms with Crippen molar-refractivity contribution in [2.24, 2.45) is 0 Å². The lowest BCUT2D eigenvalue weighted by atomic mass is 10.1. The average molecular weight is 265 g/mol. The molecular formula is C14H19NO4. The molecule has 2 N–H and O–H groups in total. The van der Waals surface area contributed by atoms with E-state index in [1.165, 1.54) is 0 Å². The number of aliphatic hydroxyl groups is 2. The van der Waals surface area contributed by atoms with Crippen LogP contribution >= 0.6 is 0 Å². The van der Waals surface area contributed by atoms with Crippen LogP contribution in [-0.4, -0.2) is 35.4 Å². The molecule has 19 heavy (non-hydrogen) atoms. The number of amides is 1. The van der Waals surface area contributed by atoms with Crippen LogP contribution in [0.3, 0.4) is 0 Å². The maximum absolute atomic E-state index is 12.2. The van der Waals surface area contributed by atoms with Gasteiger partial charge in [-0.05, 0) is 30.5 Å². The summed E-state index contributed by atoms with van der Waals surface area (Å²) in [6.07, 6.45) is 0.640. The Labute approximate surface area is 112 Å². The number of benzene rings is 1. The van der Waals surface area contributed by atoms with Gasteiger partial charge in [0.15, 0.2) is 6.10 Å². The minimum atomic E-state index is -0.486. The summed E-state index contributed by atoms with van der Waals surface area (Å²) in [6, 6.07) is 5.31. The number of carbonyl (C=O) groups is 1. The lowest BCUT2D eigenvalue weighted by Gasteiger charge is -2.34. The largest absolute Gasteiger partial charge is 0.478 e. The topological polar surface area (TPSA) is 70.0 Å². The number of ether oxygens (including phenoxy) is 1. The highest BCUT2D eigenvalue weighted by molar-refractivity contribution is 6.00. The number of carbonyl (C=O) groups excluding carboxylic acids is 1. The first-order valence-electron chi connectivity index (χ1n) is 6.54. The maximum Gasteiger partial charge on any atom is 0.268 e. The van der Waals surface area contributed by atoms with Crippen molar-refractivity contribution in [3.05, 3.63) is 23.8 Å². The van der Waals surface area contributed by atoms with E-state index in [1.54, 1.807) is 23.1 Å². The molecule has 0 saturated carbocycles. The Hall–Kier alpha value is -1.59. The van der Waals surface area contributed by atoms with E-state index in [4.69, 9.17) is 14.9 Å². The lowest BCUT2D eigenvalue weighted by Crippen LogP contribution is -2.46. The maximum atomic E-state index is 12.2. The van der Waals surface area contributed by atoms with E-state index < -0.39 is 6.10 Å². The fraction of sp³-hybridized carbons (Fsp3) is 0.500. The molecule has 0 aliphatic carbocycles. The summed E-state index contributed by atoms with van der Waals surface area (Å²) in [4.78, 5) is 13.9. The van der Waals surface area contributed by atoms with Crippen molar-refractivity contribution in [1.29, 1.82) is 0 Å². The number of hydrogen-bond acceptors (Lipinski definition) is 4. The predicted octanol–water partition coefficient (Wildman–Crippen LogP) is 1.07. The predicted molar refractivity (Wildman–Crippen MR) is 71.1 cm³/mol. The molecular weight excluding hydrogens is 246 g/mol. The van der Waals surface area contributed by atoms with Crippen molar-refractivity contribution in [1.82, 2.24) is 0 Å². The van der Waals surface area contributed by atoms with Gasteiger partial charge in [-0.15, -0.1) is 0 Å². The summed E-state index contributed by atoms with van der Waals surface area (Å²) in [5.41, 5.74) is 1.46. The summed E-state index contributed by atoms with van der Waals surface area (Å²) in [6.45, 7) is 2.36. The molecule has 1 atom stereocenters. The first-order valence-corrected chi connectivity index (χ1v) is 6.54. The fourth-order valence-electron chi connectivity index (χ4n) is 2.19. The van der Waals surface area contributed by atoms with Crippen molar-refractivity contribution in [3.8, 4) is 5.75 Å². The third-order valence-electron chi connectivity index (χ3n) is 3.22. The number of anilines is 1. The molecule has 0 fully saturated rings. The first-order chi connectivity index (χ1) is 9.21. The van der Waals surface area contributed by atoms with Crippen LogP contribution in [0.5, 0.6) is 5.75 Å². The van der Waals surface area contributed by atoms with E-state index in [9.17, 15) is 4.79 Å². The van der Waals surface area contributed by atoms with Crippen LogP contribution in [0.15, 0.2) is 18.2 Å². The van der Waals surface area contributed by atoms with Crippen LogP contribution < -0.4 is 9.64 Å². The fourth-order valence-corrected chi connectivity index (χ4v) is 2.19. The Kier molecular flexibility index (Phi) is 4.39. The Morgan fingerprint density at radius 3 is 2.79 bits per heavy atom. The highest BCUT2D eigenvalue weighted by Crippen LogP contribution is 2.35. The Bertz CT molecular complexity index is 461. The average Bonchev–Trinajstić information content (AvgIpc) is 2.45. The zero-order valence-electron chi connectivity index (χ0n) is 11.0. The van der Waals surface area contributed by atoms with Gasteiger partial charge in [-0.2, -0.15) is 0 Å². The second kappa shape index (κ2) is 6.04. The van der Waals surface area contributed by atoms with Gasteiger partial charge >= 0.3 is 0 Å². The van der Waals surface area contributed by atoms with Crippen LogP contribution in [0.4, 0.5) is 5.69 Å². The van der Waals surface area contributed by atoms with Crippen molar-refractivity contribution in [2.45, 2.75) is 32.5 Å². The standard InChI is InChI=1S/C14H19NO4/c1-2-12-14(18)15(6-3-7-16)11-5-4-10(9-17)8-13(11)19-12/h4-5,8,12,16-17H,2-3,6-7,9H2,1H3. The molecule has 1 aliphatic rings. The van der Waals surface area contributed by atoms with Crippen LogP contribution in [0.2, 0.25) is 0 Å². The van der Waals surface area contributed by atoms with Gasteiger partial charge in [0.2, 0.25) is 0 Å². The minimum Gasteiger partial charge on any atom is -0.478 e. The Balaban J connectivity index is 2.35. The van der Waals surface area contributed by atoms with Crippen LogP contribution in [-0.2, 0) is 11.4 Å². The normalized spacial score (nSPS) is 18.2. The van der Waals surface area contributed by atoms with Crippen molar-refractivity contribution in [2.75, 3.05) is 18.1 Å². The number of fused-ring (bicyclic) bond motifs is 1. The van der Waals surface area contributed by atoms with E-state index in [1.807, 2.05) is 6.92 Å². The van der Waals surface area contributed by atoms with Crippen molar-refractivity contribution in [3.63, 3.8) is 0 Å². The van der Waals surface area contributed by atoms with Gasteiger partial charge in [-0.25, -0.2) is 0 Å². The monoisotopic (exact) mass is 265 g/mol. The third-order valence-corrected chi connectivity index (χ3v) is 3.22. The van der Waals surface area contributed by atoms with Gasteiger partial charge in [-0.1, -0.05) is 13.0 Å². The Morgan fingerprint density at radius 2 is 2.16 bits per heavy atom. The second-order valence-corrected chi connectivity index (χ2v) is 4.54. The molecule has 1 aromatic carbocycles. The van der Waals surface area contributed by atoms with Gasteiger partial charge < -0.3 is 19.8 Å².